The second-order valence-corrected chi connectivity index (χ2v) is 5.37. The molecule has 1 saturated carbocycles. The van der Waals surface area contributed by atoms with Gasteiger partial charge in [-0.2, -0.15) is 0 Å². The second-order valence-electron chi connectivity index (χ2n) is 5.37. The van der Waals surface area contributed by atoms with Gasteiger partial charge in [0.1, 0.15) is 11.9 Å². The summed E-state index contributed by atoms with van der Waals surface area (Å²) >= 11 is 0. The Kier molecular flexibility index (Phi) is 7.74. The molecule has 0 bridgehead atoms. The maximum Gasteiger partial charge on any atom is 1.00 e. The van der Waals surface area contributed by atoms with Crippen LogP contribution < -0.4 is 61.6 Å². The van der Waals surface area contributed by atoms with Crippen LogP contribution >= 0.6 is 0 Å². The standard InChI is InChI=1S/C14H18BF4O.K/c1-2-10-5-3-4-6-14(10)20-11-7-8-12(13(16)9-11)15(17,18)19;/h7-10,14H,2-6H2,1H3;/q-1;+1. The number of benzene rings is 1. The summed E-state index contributed by atoms with van der Waals surface area (Å²) in [6, 6.07) is 2.84. The van der Waals surface area contributed by atoms with Crippen molar-refractivity contribution in [1.82, 2.24) is 0 Å². The molecule has 21 heavy (non-hydrogen) atoms. The summed E-state index contributed by atoms with van der Waals surface area (Å²) in [5, 5.41) is 0. The monoisotopic (exact) mass is 328 g/mol. The average Bonchev–Trinajstić information content (AvgIpc) is 2.38. The van der Waals surface area contributed by atoms with Gasteiger partial charge < -0.3 is 17.7 Å². The molecule has 0 N–H and O–H groups in total. The van der Waals surface area contributed by atoms with Gasteiger partial charge in [-0.25, -0.2) is 4.39 Å². The summed E-state index contributed by atoms with van der Waals surface area (Å²) in [5.41, 5.74) is -1.19. The molecule has 0 spiro atoms. The molecule has 1 aliphatic rings. The van der Waals surface area contributed by atoms with E-state index in [0.29, 0.717) is 5.92 Å². The van der Waals surface area contributed by atoms with Crippen LogP contribution in [-0.2, 0) is 0 Å². The van der Waals surface area contributed by atoms with Crippen molar-refractivity contribution < 1.29 is 73.5 Å². The van der Waals surface area contributed by atoms with Crippen molar-refractivity contribution in [1.29, 1.82) is 0 Å². The molecule has 2 rings (SSSR count). The van der Waals surface area contributed by atoms with E-state index >= 15 is 0 Å². The normalized spacial score (nSPS) is 22.5. The predicted molar refractivity (Wildman–Crippen MR) is 71.8 cm³/mol. The van der Waals surface area contributed by atoms with Crippen molar-refractivity contribution in [2.45, 2.75) is 45.1 Å². The minimum atomic E-state index is -5.31. The topological polar surface area (TPSA) is 9.23 Å². The Morgan fingerprint density at radius 1 is 1.19 bits per heavy atom. The smallest absolute Gasteiger partial charge is 0.490 e. The van der Waals surface area contributed by atoms with Crippen LogP contribution in [0.15, 0.2) is 18.2 Å². The Hall–Kier alpha value is 0.441. The van der Waals surface area contributed by atoms with Gasteiger partial charge in [-0.15, -0.1) is 0 Å². The third kappa shape index (κ3) is 5.23. The van der Waals surface area contributed by atoms with Crippen LogP contribution in [0, 0.1) is 11.7 Å². The number of hydrogen-bond donors (Lipinski definition) is 0. The van der Waals surface area contributed by atoms with Crippen LogP contribution in [0.2, 0.25) is 0 Å². The number of rotatable bonds is 4. The Morgan fingerprint density at radius 3 is 2.43 bits per heavy atom. The van der Waals surface area contributed by atoms with Gasteiger partial charge >= 0.3 is 58.4 Å². The predicted octanol–water partition coefficient (Wildman–Crippen LogP) is 1.23. The van der Waals surface area contributed by atoms with Crippen LogP contribution in [0.1, 0.15) is 39.0 Å². The van der Waals surface area contributed by atoms with Gasteiger partial charge in [0, 0.05) is 6.07 Å². The third-order valence-corrected chi connectivity index (χ3v) is 3.98. The molecule has 1 aliphatic carbocycles. The van der Waals surface area contributed by atoms with E-state index in [1.54, 1.807) is 0 Å². The van der Waals surface area contributed by atoms with Gasteiger partial charge in [-0.1, -0.05) is 24.9 Å². The van der Waals surface area contributed by atoms with E-state index in [4.69, 9.17) is 4.74 Å². The van der Waals surface area contributed by atoms with Crippen LogP contribution in [0.3, 0.4) is 0 Å². The summed E-state index contributed by atoms with van der Waals surface area (Å²) < 4.78 is 56.8. The first-order valence-electron chi connectivity index (χ1n) is 7.08. The van der Waals surface area contributed by atoms with E-state index in [0.717, 1.165) is 44.2 Å². The molecule has 2 unspecified atom stereocenters. The molecule has 1 aromatic carbocycles. The van der Waals surface area contributed by atoms with Crippen LogP contribution in [-0.4, -0.2) is 13.1 Å². The first kappa shape index (κ1) is 19.5. The molecule has 0 radical (unpaired) electrons. The van der Waals surface area contributed by atoms with Gasteiger partial charge in [0.05, 0.1) is 5.82 Å². The molecule has 1 fully saturated rings. The first-order chi connectivity index (χ1) is 9.41. The molecule has 1 aromatic rings. The van der Waals surface area contributed by atoms with E-state index in [9.17, 15) is 17.3 Å². The summed E-state index contributed by atoms with van der Waals surface area (Å²) in [7, 11) is 0. The summed E-state index contributed by atoms with van der Waals surface area (Å²) in [5.74, 6) is -0.658. The average molecular weight is 328 g/mol. The fraction of sp³-hybridized carbons (Fsp3) is 0.571. The van der Waals surface area contributed by atoms with Crippen molar-refractivity contribution in [3.63, 3.8) is 0 Å². The van der Waals surface area contributed by atoms with Crippen molar-refractivity contribution in [3.05, 3.63) is 24.0 Å². The Balaban J connectivity index is 0.00000220. The zero-order valence-corrected chi connectivity index (χ0v) is 15.5. The molecule has 1 nitrogen and oxygen atoms in total. The van der Waals surface area contributed by atoms with Crippen LogP contribution in [0.25, 0.3) is 0 Å². The van der Waals surface area contributed by atoms with Gasteiger partial charge in [0.25, 0.3) is 0 Å². The molecular formula is C14H18BF4KO. The molecular weight excluding hydrogens is 310 g/mol. The van der Waals surface area contributed by atoms with Crippen LogP contribution in [0.5, 0.6) is 5.75 Å². The van der Waals surface area contributed by atoms with Gasteiger partial charge in [0.2, 0.25) is 0 Å². The van der Waals surface area contributed by atoms with E-state index in [2.05, 4.69) is 6.92 Å². The van der Waals surface area contributed by atoms with Gasteiger partial charge in [-0.05, 0) is 37.7 Å². The molecule has 0 saturated heterocycles. The minimum absolute atomic E-state index is 0. The van der Waals surface area contributed by atoms with E-state index in [1.165, 1.54) is 6.07 Å². The molecule has 2 atom stereocenters. The van der Waals surface area contributed by atoms with E-state index in [1.807, 2.05) is 0 Å². The minimum Gasteiger partial charge on any atom is -0.490 e. The Labute approximate surface area is 165 Å². The quantitative estimate of drug-likeness (QED) is 0.597. The maximum atomic E-state index is 13.5. The summed E-state index contributed by atoms with van der Waals surface area (Å²) in [4.78, 5) is 0. The Morgan fingerprint density at radius 2 is 1.86 bits per heavy atom. The number of hydrogen-bond acceptors (Lipinski definition) is 1. The van der Waals surface area contributed by atoms with Crippen LogP contribution in [0.4, 0.5) is 17.3 Å². The van der Waals surface area contributed by atoms with Crippen molar-refractivity contribution in [2.75, 3.05) is 0 Å². The summed E-state index contributed by atoms with van der Waals surface area (Å²) in [6.45, 7) is -3.24. The fourth-order valence-corrected chi connectivity index (χ4v) is 2.82. The molecule has 0 aliphatic heterocycles. The zero-order valence-electron chi connectivity index (χ0n) is 12.4. The zero-order chi connectivity index (χ0) is 14.8. The fourth-order valence-electron chi connectivity index (χ4n) is 2.82. The molecule has 0 heterocycles. The molecule has 0 amide bonds. The van der Waals surface area contributed by atoms with E-state index in [-0.39, 0.29) is 63.2 Å². The SMILES string of the molecule is CCC1CCCCC1Oc1ccc([B-](F)(F)F)c(F)c1.[K+]. The number of ether oxygens (including phenoxy) is 1. The Bertz CT molecular complexity index is 467. The molecule has 0 aromatic heterocycles. The van der Waals surface area contributed by atoms with Crippen molar-refractivity contribution in [2.24, 2.45) is 5.92 Å². The largest absolute Gasteiger partial charge is 1.00 e. The van der Waals surface area contributed by atoms with Crippen molar-refractivity contribution in [3.8, 4) is 5.75 Å². The maximum absolute atomic E-state index is 13.5. The van der Waals surface area contributed by atoms with Gasteiger partial charge in [-0.3, -0.25) is 0 Å². The second kappa shape index (κ2) is 8.34. The van der Waals surface area contributed by atoms with E-state index < -0.39 is 18.3 Å². The molecule has 112 valence electrons. The van der Waals surface area contributed by atoms with Crippen molar-refractivity contribution >= 4 is 12.4 Å². The third-order valence-electron chi connectivity index (χ3n) is 3.98. The number of halogens is 4. The molecule has 7 heteroatoms. The first-order valence-corrected chi connectivity index (χ1v) is 7.08. The van der Waals surface area contributed by atoms with Gasteiger partial charge in [0.15, 0.2) is 0 Å². The summed E-state index contributed by atoms with van der Waals surface area (Å²) in [6.07, 6.45) is 5.10.